The minimum absolute atomic E-state index is 0.224. The Morgan fingerprint density at radius 3 is 2.60 bits per heavy atom. The van der Waals surface area contributed by atoms with Gasteiger partial charge in [0, 0.05) is 33.7 Å². The highest BCUT2D eigenvalue weighted by Gasteiger charge is 2.12. The number of nitrogens with one attached hydrogen (secondary N) is 1. The molecular formula is C15H13BrClF2N. The molecule has 0 heterocycles. The zero-order chi connectivity index (χ0) is 14.7. The molecule has 2 aromatic carbocycles. The van der Waals surface area contributed by atoms with Crippen molar-refractivity contribution >= 4 is 27.5 Å². The molecule has 106 valence electrons. The number of hydrogen-bond donors (Lipinski definition) is 1. The van der Waals surface area contributed by atoms with Crippen molar-refractivity contribution in [3.8, 4) is 0 Å². The maximum Gasteiger partial charge on any atom is 0.130 e. The molecule has 0 fully saturated rings. The van der Waals surface area contributed by atoms with Crippen LogP contribution >= 0.6 is 27.5 Å². The fourth-order valence-corrected chi connectivity index (χ4v) is 2.71. The van der Waals surface area contributed by atoms with Crippen molar-refractivity contribution in [2.45, 2.75) is 19.5 Å². The van der Waals surface area contributed by atoms with Crippen LogP contribution in [0.25, 0.3) is 0 Å². The Balaban J connectivity index is 2.06. The molecule has 1 nitrogen and oxygen atoms in total. The largest absolute Gasteiger partial charge is 0.306 e. The lowest BCUT2D eigenvalue weighted by molar-refractivity contribution is 0.517. The number of rotatable bonds is 4. The summed E-state index contributed by atoms with van der Waals surface area (Å²) in [6.07, 6.45) is 0. The third-order valence-corrected chi connectivity index (χ3v) is 4.02. The average Bonchev–Trinajstić information content (AvgIpc) is 2.37. The van der Waals surface area contributed by atoms with Gasteiger partial charge in [0.1, 0.15) is 11.6 Å². The molecule has 0 radical (unpaired) electrons. The molecule has 2 aromatic rings. The molecule has 0 aliphatic carbocycles. The van der Waals surface area contributed by atoms with E-state index in [1.165, 1.54) is 12.1 Å². The fraction of sp³-hybridized carbons (Fsp3) is 0.200. The van der Waals surface area contributed by atoms with E-state index in [4.69, 9.17) is 11.6 Å². The first-order valence-corrected chi connectivity index (χ1v) is 7.26. The summed E-state index contributed by atoms with van der Waals surface area (Å²) in [4.78, 5) is 0. The Morgan fingerprint density at radius 1 is 1.20 bits per heavy atom. The maximum atomic E-state index is 13.7. The van der Waals surface area contributed by atoms with Gasteiger partial charge in [-0.15, -0.1) is 0 Å². The summed E-state index contributed by atoms with van der Waals surface area (Å²) in [5, 5.41) is 3.85. The van der Waals surface area contributed by atoms with Crippen LogP contribution in [-0.2, 0) is 6.54 Å². The summed E-state index contributed by atoms with van der Waals surface area (Å²) in [6.45, 7) is 2.38. The van der Waals surface area contributed by atoms with Crippen LogP contribution in [0.1, 0.15) is 24.1 Å². The van der Waals surface area contributed by atoms with E-state index >= 15 is 0 Å². The zero-order valence-corrected chi connectivity index (χ0v) is 13.1. The van der Waals surface area contributed by atoms with Gasteiger partial charge in [0.25, 0.3) is 0 Å². The van der Waals surface area contributed by atoms with Crippen molar-refractivity contribution in [3.05, 3.63) is 68.7 Å². The molecule has 0 aliphatic rings. The molecule has 1 N–H and O–H groups in total. The number of halogens is 4. The Kier molecular flexibility index (Phi) is 5.13. The van der Waals surface area contributed by atoms with E-state index in [-0.39, 0.29) is 6.04 Å². The highest BCUT2D eigenvalue weighted by Crippen LogP contribution is 2.23. The Labute approximate surface area is 130 Å². The first-order valence-electron chi connectivity index (χ1n) is 6.09. The van der Waals surface area contributed by atoms with Gasteiger partial charge in [-0.25, -0.2) is 8.78 Å². The van der Waals surface area contributed by atoms with Gasteiger partial charge in [-0.1, -0.05) is 39.7 Å². The highest BCUT2D eigenvalue weighted by molar-refractivity contribution is 9.10. The molecule has 0 saturated carbocycles. The molecule has 0 spiro atoms. The van der Waals surface area contributed by atoms with Crippen LogP contribution in [0, 0.1) is 11.6 Å². The first-order chi connectivity index (χ1) is 9.47. The van der Waals surface area contributed by atoms with Crippen LogP contribution in [0.15, 0.2) is 40.9 Å². The van der Waals surface area contributed by atoms with E-state index in [0.29, 0.717) is 17.1 Å². The summed E-state index contributed by atoms with van der Waals surface area (Å²) in [6, 6.07) is 8.89. The second kappa shape index (κ2) is 6.66. The standard InChI is InChI=1S/C15H13BrClF2N/c1-9(13-5-4-12(18)7-15(13)19)20-8-10-2-3-11(17)6-14(10)16/h2-7,9,20H,8H2,1H3. The second-order valence-electron chi connectivity index (χ2n) is 4.50. The molecule has 1 atom stereocenters. The van der Waals surface area contributed by atoms with Crippen LogP contribution in [0.5, 0.6) is 0 Å². The fourth-order valence-electron chi connectivity index (χ4n) is 1.89. The van der Waals surface area contributed by atoms with Gasteiger partial charge < -0.3 is 5.32 Å². The van der Waals surface area contributed by atoms with Gasteiger partial charge in [-0.2, -0.15) is 0 Å². The minimum atomic E-state index is -0.570. The molecule has 20 heavy (non-hydrogen) atoms. The highest BCUT2D eigenvalue weighted by atomic mass is 79.9. The van der Waals surface area contributed by atoms with Gasteiger partial charge in [-0.3, -0.25) is 0 Å². The molecular weight excluding hydrogens is 348 g/mol. The molecule has 0 bridgehead atoms. The van der Waals surface area contributed by atoms with Crippen molar-refractivity contribution in [2.75, 3.05) is 0 Å². The lowest BCUT2D eigenvalue weighted by Gasteiger charge is -2.16. The molecule has 0 amide bonds. The van der Waals surface area contributed by atoms with E-state index < -0.39 is 11.6 Å². The summed E-state index contributed by atoms with van der Waals surface area (Å²) < 4.78 is 27.4. The van der Waals surface area contributed by atoms with Gasteiger partial charge in [0.15, 0.2) is 0 Å². The average molecular weight is 361 g/mol. The van der Waals surface area contributed by atoms with E-state index in [1.54, 1.807) is 6.07 Å². The van der Waals surface area contributed by atoms with Crippen LogP contribution in [-0.4, -0.2) is 0 Å². The van der Waals surface area contributed by atoms with Crippen molar-refractivity contribution in [3.63, 3.8) is 0 Å². The summed E-state index contributed by atoms with van der Waals surface area (Å²) in [7, 11) is 0. The molecule has 0 aliphatic heterocycles. The lowest BCUT2D eigenvalue weighted by atomic mass is 10.1. The minimum Gasteiger partial charge on any atom is -0.306 e. The third-order valence-electron chi connectivity index (χ3n) is 3.04. The van der Waals surface area contributed by atoms with E-state index in [0.717, 1.165) is 16.1 Å². The summed E-state index contributed by atoms with van der Waals surface area (Å²) in [5.41, 5.74) is 1.46. The number of hydrogen-bond acceptors (Lipinski definition) is 1. The van der Waals surface area contributed by atoms with Gasteiger partial charge in [-0.05, 0) is 30.7 Å². The van der Waals surface area contributed by atoms with E-state index in [1.807, 2.05) is 19.1 Å². The van der Waals surface area contributed by atoms with Gasteiger partial charge in [0.05, 0.1) is 0 Å². The van der Waals surface area contributed by atoms with Crippen LogP contribution in [0.3, 0.4) is 0 Å². The van der Waals surface area contributed by atoms with Gasteiger partial charge in [0.2, 0.25) is 0 Å². The van der Waals surface area contributed by atoms with Crippen molar-refractivity contribution < 1.29 is 8.78 Å². The maximum absolute atomic E-state index is 13.7. The quantitative estimate of drug-likeness (QED) is 0.787. The lowest BCUT2D eigenvalue weighted by Crippen LogP contribution is -2.19. The third kappa shape index (κ3) is 3.78. The number of benzene rings is 2. The Bertz CT molecular complexity index is 619. The van der Waals surface area contributed by atoms with E-state index in [2.05, 4.69) is 21.2 Å². The Morgan fingerprint density at radius 2 is 1.95 bits per heavy atom. The summed E-state index contributed by atoms with van der Waals surface area (Å²) in [5.74, 6) is -1.11. The van der Waals surface area contributed by atoms with Gasteiger partial charge >= 0.3 is 0 Å². The first kappa shape index (κ1) is 15.4. The Hall–Kier alpha value is -0.970. The van der Waals surface area contributed by atoms with Crippen LogP contribution < -0.4 is 5.32 Å². The normalized spacial score (nSPS) is 12.4. The predicted octanol–water partition coefficient (Wildman–Crippen LogP) is 5.23. The topological polar surface area (TPSA) is 12.0 Å². The van der Waals surface area contributed by atoms with Crippen LogP contribution in [0.2, 0.25) is 5.02 Å². The monoisotopic (exact) mass is 359 g/mol. The molecule has 0 saturated heterocycles. The predicted molar refractivity (Wildman–Crippen MR) is 80.8 cm³/mol. The molecule has 0 aromatic heterocycles. The zero-order valence-electron chi connectivity index (χ0n) is 10.8. The van der Waals surface area contributed by atoms with E-state index in [9.17, 15) is 8.78 Å². The van der Waals surface area contributed by atoms with Crippen molar-refractivity contribution in [1.29, 1.82) is 0 Å². The summed E-state index contributed by atoms with van der Waals surface area (Å²) >= 11 is 9.30. The SMILES string of the molecule is CC(NCc1ccc(Cl)cc1Br)c1ccc(F)cc1F. The van der Waals surface area contributed by atoms with Crippen LogP contribution in [0.4, 0.5) is 8.78 Å². The smallest absolute Gasteiger partial charge is 0.130 e. The van der Waals surface area contributed by atoms with Crippen molar-refractivity contribution in [1.82, 2.24) is 5.32 Å². The second-order valence-corrected chi connectivity index (χ2v) is 5.79. The van der Waals surface area contributed by atoms with Crippen molar-refractivity contribution in [2.24, 2.45) is 0 Å². The molecule has 2 rings (SSSR count). The molecule has 5 heteroatoms. The molecule has 1 unspecified atom stereocenters.